The second-order valence-corrected chi connectivity index (χ2v) is 8.29. The van der Waals surface area contributed by atoms with E-state index in [4.69, 9.17) is 0 Å². The molecule has 1 saturated carbocycles. The third-order valence-electron chi connectivity index (χ3n) is 5.10. The van der Waals surface area contributed by atoms with E-state index in [-0.39, 0.29) is 11.5 Å². The molecule has 2 aliphatic rings. The van der Waals surface area contributed by atoms with Gasteiger partial charge in [0.15, 0.2) is 0 Å². The van der Waals surface area contributed by atoms with Gasteiger partial charge in [0.2, 0.25) is 0 Å². The normalized spacial score (nSPS) is 31.6. The Hall–Kier alpha value is -0.120. The van der Waals surface area contributed by atoms with Crippen LogP contribution in [0, 0.1) is 11.3 Å². The summed E-state index contributed by atoms with van der Waals surface area (Å²) in [6.45, 7) is 8.71. The zero-order chi connectivity index (χ0) is 14.8. The molecular weight excluding hydrogens is 248 g/mol. The first-order valence-electron chi connectivity index (χ1n) is 8.47. The SMILES string of the molecule is CN1CC(CC(O)C(C)(C)C)CC(NC2CCCC2)C1. The Balaban J connectivity index is 1.84. The Bertz CT molecular complexity index is 294. The highest BCUT2D eigenvalue weighted by Gasteiger charge is 2.31. The zero-order valence-electron chi connectivity index (χ0n) is 13.9. The van der Waals surface area contributed by atoms with Crippen LogP contribution in [0.5, 0.6) is 0 Å². The topological polar surface area (TPSA) is 35.5 Å². The molecule has 2 rings (SSSR count). The highest BCUT2D eigenvalue weighted by Crippen LogP contribution is 2.29. The number of nitrogens with zero attached hydrogens (tertiary/aromatic N) is 1. The summed E-state index contributed by atoms with van der Waals surface area (Å²) in [5.74, 6) is 0.627. The van der Waals surface area contributed by atoms with E-state index in [1.807, 2.05) is 0 Å². The lowest BCUT2D eigenvalue weighted by Crippen LogP contribution is -2.51. The van der Waals surface area contributed by atoms with Crippen molar-refractivity contribution >= 4 is 0 Å². The lowest BCUT2D eigenvalue weighted by Gasteiger charge is -2.39. The summed E-state index contributed by atoms with van der Waals surface area (Å²) in [5, 5.41) is 14.2. The number of rotatable bonds is 4. The average Bonchev–Trinajstić information content (AvgIpc) is 2.79. The van der Waals surface area contributed by atoms with Crippen LogP contribution < -0.4 is 5.32 Å². The van der Waals surface area contributed by atoms with Gasteiger partial charge in [0.25, 0.3) is 0 Å². The molecule has 1 aliphatic carbocycles. The number of likely N-dealkylation sites (tertiary alicyclic amines) is 1. The molecular formula is C17H34N2O. The fraction of sp³-hybridized carbons (Fsp3) is 1.00. The third kappa shape index (κ3) is 4.71. The van der Waals surface area contributed by atoms with Crippen molar-refractivity contribution in [3.8, 4) is 0 Å². The van der Waals surface area contributed by atoms with E-state index >= 15 is 0 Å². The van der Waals surface area contributed by atoms with Crippen molar-refractivity contribution in [2.24, 2.45) is 11.3 Å². The molecule has 3 unspecified atom stereocenters. The van der Waals surface area contributed by atoms with E-state index in [0.717, 1.165) is 19.0 Å². The summed E-state index contributed by atoms with van der Waals surface area (Å²) in [6, 6.07) is 1.37. The maximum Gasteiger partial charge on any atom is 0.0591 e. The average molecular weight is 282 g/mol. The molecule has 0 amide bonds. The first-order chi connectivity index (χ1) is 9.34. The molecule has 20 heavy (non-hydrogen) atoms. The van der Waals surface area contributed by atoms with Gasteiger partial charge in [0, 0.05) is 25.2 Å². The number of aliphatic hydroxyl groups is 1. The van der Waals surface area contributed by atoms with Crippen molar-refractivity contribution in [3.63, 3.8) is 0 Å². The summed E-state index contributed by atoms with van der Waals surface area (Å²) in [6.07, 6.45) is 7.49. The van der Waals surface area contributed by atoms with Crippen molar-refractivity contribution in [2.45, 2.75) is 77.5 Å². The predicted molar refractivity (Wildman–Crippen MR) is 84.9 cm³/mol. The number of nitrogens with one attached hydrogen (secondary N) is 1. The monoisotopic (exact) mass is 282 g/mol. The van der Waals surface area contributed by atoms with E-state index in [2.05, 4.69) is 38.0 Å². The molecule has 1 heterocycles. The van der Waals surface area contributed by atoms with E-state index < -0.39 is 0 Å². The molecule has 118 valence electrons. The summed E-state index contributed by atoms with van der Waals surface area (Å²) < 4.78 is 0. The van der Waals surface area contributed by atoms with Crippen LogP contribution in [0.15, 0.2) is 0 Å². The molecule has 0 aromatic rings. The van der Waals surface area contributed by atoms with Crippen LogP contribution in [0.25, 0.3) is 0 Å². The summed E-state index contributed by atoms with van der Waals surface area (Å²) in [5.41, 5.74) is 0.00436. The number of likely N-dealkylation sites (N-methyl/N-ethyl adjacent to an activating group) is 1. The lowest BCUT2D eigenvalue weighted by molar-refractivity contribution is 0.0247. The van der Waals surface area contributed by atoms with E-state index in [1.165, 1.54) is 38.6 Å². The van der Waals surface area contributed by atoms with Crippen LogP contribution >= 0.6 is 0 Å². The molecule has 0 aromatic heterocycles. The highest BCUT2D eigenvalue weighted by molar-refractivity contribution is 4.88. The third-order valence-corrected chi connectivity index (χ3v) is 5.10. The Kier molecular flexibility index (Phi) is 5.49. The molecule has 3 atom stereocenters. The number of hydrogen-bond acceptors (Lipinski definition) is 3. The van der Waals surface area contributed by atoms with Crippen LogP contribution in [-0.2, 0) is 0 Å². The van der Waals surface area contributed by atoms with Crippen molar-refractivity contribution in [2.75, 3.05) is 20.1 Å². The minimum Gasteiger partial charge on any atom is -0.393 e. The second-order valence-electron chi connectivity index (χ2n) is 8.29. The Morgan fingerprint density at radius 1 is 1.15 bits per heavy atom. The zero-order valence-corrected chi connectivity index (χ0v) is 13.9. The maximum atomic E-state index is 10.4. The van der Waals surface area contributed by atoms with Gasteiger partial charge in [-0.1, -0.05) is 33.6 Å². The molecule has 2 N–H and O–H groups in total. The van der Waals surface area contributed by atoms with Gasteiger partial charge < -0.3 is 15.3 Å². The predicted octanol–water partition coefficient (Wildman–Crippen LogP) is 2.64. The van der Waals surface area contributed by atoms with E-state index in [1.54, 1.807) is 0 Å². The second kappa shape index (κ2) is 6.76. The van der Waals surface area contributed by atoms with E-state index in [9.17, 15) is 5.11 Å². The molecule has 3 nitrogen and oxygen atoms in total. The van der Waals surface area contributed by atoms with Gasteiger partial charge in [-0.3, -0.25) is 0 Å². The summed E-state index contributed by atoms with van der Waals surface area (Å²) in [7, 11) is 2.22. The van der Waals surface area contributed by atoms with Gasteiger partial charge in [-0.15, -0.1) is 0 Å². The van der Waals surface area contributed by atoms with Crippen LogP contribution in [0.2, 0.25) is 0 Å². The van der Waals surface area contributed by atoms with Gasteiger partial charge in [-0.05, 0) is 44.1 Å². The Morgan fingerprint density at radius 2 is 1.80 bits per heavy atom. The number of hydrogen-bond donors (Lipinski definition) is 2. The molecule has 0 radical (unpaired) electrons. The quantitative estimate of drug-likeness (QED) is 0.832. The lowest BCUT2D eigenvalue weighted by atomic mass is 9.80. The summed E-state index contributed by atoms with van der Waals surface area (Å²) in [4.78, 5) is 2.44. The van der Waals surface area contributed by atoms with E-state index in [0.29, 0.717) is 12.0 Å². The first kappa shape index (κ1) is 16.3. The largest absolute Gasteiger partial charge is 0.393 e. The van der Waals surface area contributed by atoms with Crippen LogP contribution in [0.3, 0.4) is 0 Å². The molecule has 3 heteroatoms. The molecule has 1 aliphatic heterocycles. The summed E-state index contributed by atoms with van der Waals surface area (Å²) >= 11 is 0. The van der Waals surface area contributed by atoms with Gasteiger partial charge >= 0.3 is 0 Å². The Labute approximate surface area is 125 Å². The van der Waals surface area contributed by atoms with Crippen molar-refractivity contribution in [1.82, 2.24) is 10.2 Å². The molecule has 2 fully saturated rings. The molecule has 1 saturated heterocycles. The number of aliphatic hydroxyl groups excluding tert-OH is 1. The van der Waals surface area contributed by atoms with Crippen LogP contribution in [-0.4, -0.2) is 48.3 Å². The fourth-order valence-electron chi connectivity index (χ4n) is 3.83. The van der Waals surface area contributed by atoms with Crippen molar-refractivity contribution in [1.29, 1.82) is 0 Å². The standard InChI is InChI=1S/C17H34N2O/c1-17(2,3)16(20)10-13-9-15(12-19(4)11-13)18-14-7-5-6-8-14/h13-16,18,20H,5-12H2,1-4H3. The first-order valence-corrected chi connectivity index (χ1v) is 8.47. The highest BCUT2D eigenvalue weighted by atomic mass is 16.3. The van der Waals surface area contributed by atoms with Crippen LogP contribution in [0.1, 0.15) is 59.3 Å². The van der Waals surface area contributed by atoms with Gasteiger partial charge in [-0.25, -0.2) is 0 Å². The van der Waals surface area contributed by atoms with Gasteiger partial charge in [-0.2, -0.15) is 0 Å². The molecule has 0 aromatic carbocycles. The minimum absolute atomic E-state index is 0.00436. The maximum absolute atomic E-state index is 10.4. The minimum atomic E-state index is -0.189. The molecule has 0 spiro atoms. The van der Waals surface area contributed by atoms with Gasteiger partial charge in [0.05, 0.1) is 6.10 Å². The van der Waals surface area contributed by atoms with Crippen molar-refractivity contribution in [3.05, 3.63) is 0 Å². The van der Waals surface area contributed by atoms with Crippen molar-refractivity contribution < 1.29 is 5.11 Å². The smallest absolute Gasteiger partial charge is 0.0591 e. The van der Waals surface area contributed by atoms with Gasteiger partial charge in [0.1, 0.15) is 0 Å². The molecule has 0 bridgehead atoms. The Morgan fingerprint density at radius 3 is 2.40 bits per heavy atom. The van der Waals surface area contributed by atoms with Crippen LogP contribution in [0.4, 0.5) is 0 Å². The number of piperidine rings is 1. The fourth-order valence-corrected chi connectivity index (χ4v) is 3.83.